The van der Waals surface area contributed by atoms with E-state index in [1.54, 1.807) is 0 Å². The van der Waals surface area contributed by atoms with Crippen molar-refractivity contribution in [1.82, 2.24) is 15.2 Å². The fourth-order valence-corrected chi connectivity index (χ4v) is 3.92. The molecular weight excluding hydrogens is 352 g/mol. The van der Waals surface area contributed by atoms with E-state index in [2.05, 4.69) is 16.0 Å². The molecule has 1 amide bonds. The largest absolute Gasteiger partial charge is 0.384 e. The Labute approximate surface area is 165 Å². The van der Waals surface area contributed by atoms with Crippen LogP contribution in [0.5, 0.6) is 0 Å². The van der Waals surface area contributed by atoms with Gasteiger partial charge in [0.2, 0.25) is 5.91 Å². The maximum Gasteiger partial charge on any atom is 0.239 e. The van der Waals surface area contributed by atoms with E-state index < -0.39 is 0 Å². The van der Waals surface area contributed by atoms with Crippen LogP contribution in [0, 0.1) is 5.41 Å². The third kappa shape index (κ3) is 3.71. The average molecular weight is 378 g/mol. The lowest BCUT2D eigenvalue weighted by atomic mass is 10.0. The van der Waals surface area contributed by atoms with Crippen LogP contribution in [0.1, 0.15) is 18.4 Å². The Balaban J connectivity index is 1.71. The molecule has 2 aliphatic rings. The number of hydrogen-bond acceptors (Lipinski definition) is 6. The Bertz CT molecular complexity index is 883. The molecule has 0 radical (unpaired) electrons. The van der Waals surface area contributed by atoms with Crippen molar-refractivity contribution < 1.29 is 4.79 Å². The van der Waals surface area contributed by atoms with E-state index in [1.165, 1.54) is 6.21 Å². The van der Waals surface area contributed by atoms with Crippen LogP contribution in [0.15, 0.2) is 36.4 Å². The van der Waals surface area contributed by atoms with E-state index in [9.17, 15) is 4.79 Å². The number of pyridine rings is 1. The molecule has 4 rings (SSSR count). The SMILES string of the molecule is CN1CCCNc2c(C=N)cccc2-c2cccc(n2)NC2CNC(C2)C1=O. The second-order valence-corrected chi connectivity index (χ2v) is 7.40. The molecule has 4 N–H and O–H groups in total. The van der Waals surface area contributed by atoms with Crippen LogP contribution in [-0.2, 0) is 4.79 Å². The molecule has 2 aliphatic heterocycles. The molecule has 4 bridgehead atoms. The summed E-state index contributed by atoms with van der Waals surface area (Å²) in [7, 11) is 1.87. The summed E-state index contributed by atoms with van der Waals surface area (Å²) in [5, 5.41) is 18.0. The number of anilines is 2. The number of aromatic nitrogens is 1. The van der Waals surface area contributed by atoms with Crippen LogP contribution in [0.25, 0.3) is 11.3 Å². The third-order valence-corrected chi connectivity index (χ3v) is 5.41. The number of fused-ring (bicyclic) bond motifs is 6. The number of nitrogens with one attached hydrogen (secondary N) is 4. The highest BCUT2D eigenvalue weighted by molar-refractivity contribution is 5.93. The van der Waals surface area contributed by atoms with Gasteiger partial charge in [0.1, 0.15) is 5.82 Å². The maximum absolute atomic E-state index is 12.7. The molecule has 0 saturated carbocycles. The van der Waals surface area contributed by atoms with E-state index in [0.29, 0.717) is 13.1 Å². The topological polar surface area (TPSA) is 93.1 Å². The van der Waals surface area contributed by atoms with Gasteiger partial charge in [0, 0.05) is 50.1 Å². The van der Waals surface area contributed by atoms with Crippen LogP contribution in [-0.4, -0.2) is 60.8 Å². The lowest BCUT2D eigenvalue weighted by molar-refractivity contribution is -0.131. The standard InChI is InChI=1S/C21H26N6O/c1-27-10-4-9-23-20-14(12-22)5-2-6-16(20)17-7-3-8-19(26-17)25-15-11-18(21(27)28)24-13-15/h2-3,5-8,12,15,18,22-24H,4,9-11,13H2,1H3,(H,25,26). The number of amides is 1. The molecule has 1 aromatic carbocycles. The van der Waals surface area contributed by atoms with Crippen molar-refractivity contribution >= 4 is 23.6 Å². The average Bonchev–Trinajstić information content (AvgIpc) is 3.18. The van der Waals surface area contributed by atoms with Gasteiger partial charge in [0.25, 0.3) is 0 Å². The van der Waals surface area contributed by atoms with Gasteiger partial charge in [-0.3, -0.25) is 4.79 Å². The monoisotopic (exact) mass is 378 g/mol. The molecule has 146 valence electrons. The van der Waals surface area contributed by atoms with Crippen molar-refractivity contribution in [3.05, 3.63) is 42.0 Å². The van der Waals surface area contributed by atoms with Gasteiger partial charge in [-0.2, -0.15) is 0 Å². The van der Waals surface area contributed by atoms with Crippen LogP contribution in [0.3, 0.4) is 0 Å². The van der Waals surface area contributed by atoms with E-state index in [1.807, 2.05) is 48.3 Å². The molecule has 2 unspecified atom stereocenters. The van der Waals surface area contributed by atoms with E-state index in [-0.39, 0.29) is 18.0 Å². The molecule has 7 heteroatoms. The Morgan fingerprint density at radius 1 is 1.25 bits per heavy atom. The zero-order valence-electron chi connectivity index (χ0n) is 16.0. The highest BCUT2D eigenvalue weighted by atomic mass is 16.2. The van der Waals surface area contributed by atoms with Gasteiger partial charge in [0.05, 0.1) is 17.4 Å². The van der Waals surface area contributed by atoms with Crippen molar-refractivity contribution in [2.24, 2.45) is 0 Å². The van der Waals surface area contributed by atoms with Crippen molar-refractivity contribution in [2.75, 3.05) is 37.3 Å². The predicted octanol–water partition coefficient (Wildman–Crippen LogP) is 2.16. The Morgan fingerprint density at radius 2 is 2.11 bits per heavy atom. The maximum atomic E-state index is 12.7. The zero-order valence-corrected chi connectivity index (χ0v) is 16.0. The smallest absolute Gasteiger partial charge is 0.239 e. The minimum atomic E-state index is -0.148. The second kappa shape index (κ2) is 7.98. The van der Waals surface area contributed by atoms with Crippen LogP contribution >= 0.6 is 0 Å². The van der Waals surface area contributed by atoms with Crippen molar-refractivity contribution in [2.45, 2.75) is 24.9 Å². The van der Waals surface area contributed by atoms with Crippen molar-refractivity contribution in [3.63, 3.8) is 0 Å². The lowest BCUT2D eigenvalue weighted by Crippen LogP contribution is -2.42. The summed E-state index contributed by atoms with van der Waals surface area (Å²) >= 11 is 0. The fraction of sp³-hybridized carbons (Fsp3) is 0.381. The number of benzene rings is 1. The summed E-state index contributed by atoms with van der Waals surface area (Å²) in [6.45, 7) is 2.15. The van der Waals surface area contributed by atoms with Crippen LogP contribution < -0.4 is 16.0 Å². The molecule has 28 heavy (non-hydrogen) atoms. The first-order chi connectivity index (χ1) is 13.7. The summed E-state index contributed by atoms with van der Waals surface area (Å²) in [6, 6.07) is 11.9. The number of carbonyl (C=O) groups is 1. The molecule has 3 heterocycles. The minimum Gasteiger partial charge on any atom is -0.384 e. The molecule has 7 nitrogen and oxygen atoms in total. The molecule has 1 saturated heterocycles. The van der Waals surface area contributed by atoms with Gasteiger partial charge in [-0.15, -0.1) is 0 Å². The number of rotatable bonds is 1. The summed E-state index contributed by atoms with van der Waals surface area (Å²) < 4.78 is 0. The number of hydrogen-bond donors (Lipinski definition) is 4. The van der Waals surface area contributed by atoms with Crippen molar-refractivity contribution in [3.8, 4) is 11.3 Å². The molecule has 1 fully saturated rings. The second-order valence-electron chi connectivity index (χ2n) is 7.40. The van der Waals surface area contributed by atoms with Gasteiger partial charge in [-0.05, 0) is 25.0 Å². The number of carbonyl (C=O) groups excluding carboxylic acids is 1. The van der Waals surface area contributed by atoms with E-state index in [4.69, 9.17) is 10.4 Å². The minimum absolute atomic E-state index is 0.140. The molecular formula is C21H26N6O. The normalized spacial score (nSPS) is 22.3. The van der Waals surface area contributed by atoms with E-state index in [0.717, 1.165) is 47.7 Å². The summed E-state index contributed by atoms with van der Waals surface area (Å²) in [6.07, 6.45) is 2.94. The van der Waals surface area contributed by atoms with Crippen LogP contribution in [0.2, 0.25) is 0 Å². The third-order valence-electron chi connectivity index (χ3n) is 5.41. The Morgan fingerprint density at radius 3 is 2.96 bits per heavy atom. The van der Waals surface area contributed by atoms with E-state index >= 15 is 0 Å². The van der Waals surface area contributed by atoms with Gasteiger partial charge in [0.15, 0.2) is 0 Å². The first kappa shape index (κ1) is 18.4. The molecule has 0 aliphatic carbocycles. The zero-order chi connectivity index (χ0) is 19.5. The lowest BCUT2D eigenvalue weighted by Gasteiger charge is -2.21. The first-order valence-corrected chi connectivity index (χ1v) is 9.75. The highest BCUT2D eigenvalue weighted by Gasteiger charge is 2.31. The molecule has 1 aromatic heterocycles. The highest BCUT2D eigenvalue weighted by Crippen LogP contribution is 2.30. The fourth-order valence-electron chi connectivity index (χ4n) is 3.92. The van der Waals surface area contributed by atoms with Crippen LogP contribution in [0.4, 0.5) is 11.5 Å². The van der Waals surface area contributed by atoms with Crippen molar-refractivity contribution in [1.29, 1.82) is 5.41 Å². The molecule has 0 spiro atoms. The summed E-state index contributed by atoms with van der Waals surface area (Å²) in [5.41, 5.74) is 3.58. The van der Waals surface area contributed by atoms with Gasteiger partial charge >= 0.3 is 0 Å². The predicted molar refractivity (Wildman–Crippen MR) is 112 cm³/mol. The molecule has 2 atom stereocenters. The molecule has 2 aromatic rings. The van der Waals surface area contributed by atoms with Gasteiger partial charge < -0.3 is 26.3 Å². The number of nitrogens with zero attached hydrogens (tertiary/aromatic N) is 2. The summed E-state index contributed by atoms with van der Waals surface area (Å²) in [5.74, 6) is 0.938. The number of para-hydroxylation sites is 1. The Hall–Kier alpha value is -2.93. The summed E-state index contributed by atoms with van der Waals surface area (Å²) in [4.78, 5) is 19.3. The quantitative estimate of drug-likeness (QED) is 0.571. The Kier molecular flexibility index (Phi) is 5.25. The number of likely N-dealkylation sites (N-methyl/N-ethyl adjacent to an activating group) is 1. The first-order valence-electron chi connectivity index (χ1n) is 9.75. The van der Waals surface area contributed by atoms with Gasteiger partial charge in [-0.25, -0.2) is 4.98 Å². The van der Waals surface area contributed by atoms with Gasteiger partial charge in [-0.1, -0.05) is 24.3 Å².